The first kappa shape index (κ1) is 9.90. The third-order valence-corrected chi connectivity index (χ3v) is 1.21. The van der Waals surface area contributed by atoms with Gasteiger partial charge in [0, 0.05) is 11.6 Å². The molecule has 2 N–H and O–H groups in total. The number of carbonyl (C=O) groups excluding carboxylic acids is 2. The summed E-state index contributed by atoms with van der Waals surface area (Å²) in [5.41, 5.74) is 5.18. The maximum atomic E-state index is 10.4. The highest BCUT2D eigenvalue weighted by atomic mass is 16.3. The van der Waals surface area contributed by atoms with Gasteiger partial charge < -0.3 is 10.5 Å². The van der Waals surface area contributed by atoms with Gasteiger partial charge in [-0.2, -0.15) is 0 Å². The number of Topliss-reactive ketones (excluding diaryl/α,β-unsaturated/α-hetero) is 1. The maximum Gasteiger partial charge on any atom is 0.302 e. The number of rotatable bonds is 4. The van der Waals surface area contributed by atoms with Gasteiger partial charge in [-0.25, -0.2) is 0 Å². The third kappa shape index (κ3) is 4.32. The van der Waals surface area contributed by atoms with Crippen molar-refractivity contribution < 1.29 is 9.59 Å². The summed E-state index contributed by atoms with van der Waals surface area (Å²) in [6.07, 6.45) is 0.405. The summed E-state index contributed by atoms with van der Waals surface area (Å²) in [4.78, 5) is 30.4. The molecule has 0 rings (SSSR count). The van der Waals surface area contributed by atoms with Gasteiger partial charge in [-0.3, -0.25) is 4.79 Å². The molecule has 0 heterocycles. The van der Waals surface area contributed by atoms with Gasteiger partial charge in [0.1, 0.15) is 5.78 Å². The maximum absolute atomic E-state index is 10.4. The predicted molar refractivity (Wildman–Crippen MR) is 38.7 cm³/mol. The van der Waals surface area contributed by atoms with Crippen LogP contribution < -0.4 is 5.73 Å². The lowest BCUT2D eigenvalue weighted by Gasteiger charge is -2.01. The molecular weight excluding hydrogens is 148 g/mol. The lowest BCUT2D eigenvalue weighted by Crippen LogP contribution is -2.29. The van der Waals surface area contributed by atoms with E-state index in [2.05, 4.69) is 5.18 Å². The number of hydrogen-bond acceptors (Lipinski definition) is 4. The van der Waals surface area contributed by atoms with E-state index < -0.39 is 11.9 Å². The van der Waals surface area contributed by atoms with Crippen LogP contribution in [0.2, 0.25) is 0 Å². The van der Waals surface area contributed by atoms with Crippen LogP contribution in [0.5, 0.6) is 0 Å². The zero-order valence-electron chi connectivity index (χ0n) is 6.24. The minimum atomic E-state index is -0.920. The Balaban J connectivity index is 3.68. The summed E-state index contributed by atoms with van der Waals surface area (Å²) in [6.45, 7) is 1.39. The number of nitroso groups, excluding NO2 is 1. The van der Waals surface area contributed by atoms with Crippen LogP contribution in [0.1, 0.15) is 19.8 Å². The molecule has 0 radical (unpaired) electrons. The van der Waals surface area contributed by atoms with Gasteiger partial charge in [0.15, 0.2) is 0 Å². The van der Waals surface area contributed by atoms with E-state index in [0.29, 0.717) is 0 Å². The van der Waals surface area contributed by atoms with E-state index in [1.165, 1.54) is 6.92 Å². The summed E-state index contributed by atoms with van der Waals surface area (Å²) in [5, 5.41) is 2.14. The van der Waals surface area contributed by atoms with Gasteiger partial charge >= 0.3 is 5.91 Å². The largest absolute Gasteiger partial charge is 0.320 e. The van der Waals surface area contributed by atoms with E-state index in [-0.39, 0.29) is 18.6 Å². The average molecular weight is 158 g/mol. The van der Waals surface area contributed by atoms with E-state index in [9.17, 15) is 14.5 Å². The molecule has 0 saturated heterocycles. The molecule has 0 aromatic rings. The Hall–Kier alpha value is -1.10. The normalized spacial score (nSPS) is 12.2. The molecule has 62 valence electrons. The van der Waals surface area contributed by atoms with Gasteiger partial charge in [0.25, 0.3) is 0 Å². The first-order valence-electron chi connectivity index (χ1n) is 3.20. The third-order valence-electron chi connectivity index (χ3n) is 1.21. The van der Waals surface area contributed by atoms with E-state index in [4.69, 9.17) is 5.73 Å². The fraction of sp³-hybridized carbons (Fsp3) is 0.667. The minimum Gasteiger partial charge on any atom is -0.320 e. The SMILES string of the molecule is CC(=O)CC[C@H](N)C(=O)N=O. The van der Waals surface area contributed by atoms with Crippen LogP contribution in [-0.2, 0) is 9.59 Å². The lowest BCUT2D eigenvalue weighted by atomic mass is 10.1. The second kappa shape index (κ2) is 4.68. The number of nitrogens with two attached hydrogens (primary N) is 1. The Morgan fingerprint density at radius 1 is 1.55 bits per heavy atom. The van der Waals surface area contributed by atoms with E-state index >= 15 is 0 Å². The van der Waals surface area contributed by atoms with Crippen LogP contribution in [0.25, 0.3) is 0 Å². The molecular formula is C6H10N2O3. The van der Waals surface area contributed by atoms with Crippen LogP contribution in [-0.4, -0.2) is 17.7 Å². The zero-order valence-corrected chi connectivity index (χ0v) is 6.24. The Labute approximate surface area is 63.9 Å². The monoisotopic (exact) mass is 158 g/mol. The smallest absolute Gasteiger partial charge is 0.302 e. The number of nitrogens with zero attached hydrogens (tertiary/aromatic N) is 1. The van der Waals surface area contributed by atoms with Crippen molar-refractivity contribution in [2.24, 2.45) is 10.9 Å². The summed E-state index contributed by atoms with van der Waals surface area (Å²) in [7, 11) is 0. The molecule has 0 aromatic carbocycles. The molecule has 5 nitrogen and oxygen atoms in total. The minimum absolute atomic E-state index is 0.0563. The molecule has 0 spiro atoms. The molecule has 0 fully saturated rings. The van der Waals surface area contributed by atoms with Crippen molar-refractivity contribution in [2.45, 2.75) is 25.8 Å². The van der Waals surface area contributed by atoms with Crippen LogP contribution in [0, 0.1) is 4.91 Å². The molecule has 1 amide bonds. The van der Waals surface area contributed by atoms with Gasteiger partial charge in [-0.15, -0.1) is 4.91 Å². The molecule has 1 atom stereocenters. The van der Waals surface area contributed by atoms with Crippen molar-refractivity contribution in [3.63, 3.8) is 0 Å². The molecule has 11 heavy (non-hydrogen) atoms. The first-order valence-corrected chi connectivity index (χ1v) is 3.20. The number of amides is 1. The van der Waals surface area contributed by atoms with Crippen LogP contribution in [0.15, 0.2) is 5.18 Å². The quantitative estimate of drug-likeness (QED) is 0.582. The molecule has 0 aliphatic rings. The molecule has 0 bridgehead atoms. The summed E-state index contributed by atoms with van der Waals surface area (Å²) in [6, 6.07) is -0.920. The van der Waals surface area contributed by atoms with Gasteiger partial charge in [0.2, 0.25) is 0 Å². The van der Waals surface area contributed by atoms with Crippen molar-refractivity contribution in [2.75, 3.05) is 0 Å². The highest BCUT2D eigenvalue weighted by Gasteiger charge is 2.13. The Morgan fingerprint density at radius 2 is 2.09 bits per heavy atom. The van der Waals surface area contributed by atoms with Crippen molar-refractivity contribution in [1.82, 2.24) is 0 Å². The second-order valence-electron chi connectivity index (χ2n) is 2.28. The van der Waals surface area contributed by atoms with E-state index in [1.807, 2.05) is 0 Å². The summed E-state index contributed by atoms with van der Waals surface area (Å²) < 4.78 is 0. The van der Waals surface area contributed by atoms with Crippen molar-refractivity contribution in [1.29, 1.82) is 0 Å². The zero-order chi connectivity index (χ0) is 8.85. The molecule has 0 aromatic heterocycles. The van der Waals surface area contributed by atoms with Gasteiger partial charge in [0.05, 0.1) is 6.04 Å². The molecule has 0 aliphatic carbocycles. The fourth-order valence-corrected chi connectivity index (χ4v) is 0.550. The molecule has 0 aliphatic heterocycles. The number of hydrogen-bond donors (Lipinski definition) is 1. The van der Waals surface area contributed by atoms with Crippen LogP contribution >= 0.6 is 0 Å². The highest BCUT2D eigenvalue weighted by molar-refractivity contribution is 5.83. The number of carbonyl (C=O) groups is 2. The Kier molecular flexibility index (Phi) is 4.21. The topological polar surface area (TPSA) is 89.6 Å². The number of ketones is 1. The highest BCUT2D eigenvalue weighted by Crippen LogP contribution is 1.96. The Bertz CT molecular complexity index is 179. The van der Waals surface area contributed by atoms with Crippen molar-refractivity contribution in [3.8, 4) is 0 Å². The first-order chi connectivity index (χ1) is 5.07. The van der Waals surface area contributed by atoms with E-state index in [0.717, 1.165) is 0 Å². The molecule has 5 heteroatoms. The second-order valence-corrected chi connectivity index (χ2v) is 2.28. The van der Waals surface area contributed by atoms with Crippen LogP contribution in [0.4, 0.5) is 0 Å². The van der Waals surface area contributed by atoms with Crippen molar-refractivity contribution >= 4 is 11.7 Å². The standard InChI is InChI=1S/C6H10N2O3/c1-4(9)2-3-5(7)6(10)8-11/h5H,2-3,7H2,1H3/t5-/m0/s1. The average Bonchev–Trinajstić information content (AvgIpc) is 1.98. The molecule has 0 unspecified atom stereocenters. The Morgan fingerprint density at radius 3 is 2.45 bits per heavy atom. The fourth-order valence-electron chi connectivity index (χ4n) is 0.550. The lowest BCUT2D eigenvalue weighted by molar-refractivity contribution is -0.119. The van der Waals surface area contributed by atoms with E-state index in [1.54, 1.807) is 0 Å². The summed E-state index contributed by atoms with van der Waals surface area (Å²) in [5.74, 6) is -0.953. The van der Waals surface area contributed by atoms with Crippen LogP contribution in [0.3, 0.4) is 0 Å². The molecule has 0 saturated carbocycles. The summed E-state index contributed by atoms with van der Waals surface area (Å²) >= 11 is 0. The van der Waals surface area contributed by atoms with Gasteiger partial charge in [-0.05, 0) is 13.3 Å². The predicted octanol–water partition coefficient (Wildman–Crippen LogP) is -0.0241. The van der Waals surface area contributed by atoms with Crippen molar-refractivity contribution in [3.05, 3.63) is 4.91 Å². The van der Waals surface area contributed by atoms with Gasteiger partial charge in [-0.1, -0.05) is 0 Å².